The van der Waals surface area contributed by atoms with Crippen LogP contribution >= 0.6 is 0 Å². The SMILES string of the molecule is CC(C)COc1ccccc1NCCC(C)(C)C. The molecule has 1 aromatic carbocycles. The molecule has 0 atom stereocenters. The van der Waals surface area contributed by atoms with Gasteiger partial charge in [0, 0.05) is 6.54 Å². The van der Waals surface area contributed by atoms with Crippen molar-refractivity contribution in [2.24, 2.45) is 11.3 Å². The van der Waals surface area contributed by atoms with Crippen LogP contribution in [0.1, 0.15) is 41.0 Å². The third-order valence-electron chi connectivity index (χ3n) is 2.65. The Hall–Kier alpha value is -1.18. The first kappa shape index (κ1) is 14.9. The highest BCUT2D eigenvalue weighted by atomic mass is 16.5. The molecule has 1 aromatic rings. The van der Waals surface area contributed by atoms with E-state index in [0.717, 1.165) is 31.0 Å². The summed E-state index contributed by atoms with van der Waals surface area (Å²) >= 11 is 0. The Morgan fingerprint density at radius 1 is 1.17 bits per heavy atom. The van der Waals surface area contributed by atoms with Gasteiger partial charge in [0.15, 0.2) is 0 Å². The minimum Gasteiger partial charge on any atom is -0.491 e. The molecule has 0 saturated carbocycles. The molecule has 0 aliphatic heterocycles. The Kier molecular flexibility index (Phi) is 5.52. The third kappa shape index (κ3) is 5.95. The first-order valence-electron chi connectivity index (χ1n) is 6.84. The predicted molar refractivity (Wildman–Crippen MR) is 79.3 cm³/mol. The Bertz CT molecular complexity index is 352. The average molecular weight is 249 g/mol. The van der Waals surface area contributed by atoms with Gasteiger partial charge >= 0.3 is 0 Å². The van der Waals surface area contributed by atoms with Crippen molar-refractivity contribution >= 4 is 5.69 Å². The zero-order chi connectivity index (χ0) is 13.6. The first-order valence-corrected chi connectivity index (χ1v) is 6.84. The van der Waals surface area contributed by atoms with Gasteiger partial charge in [-0.05, 0) is 29.9 Å². The van der Waals surface area contributed by atoms with E-state index >= 15 is 0 Å². The molecule has 0 radical (unpaired) electrons. The fourth-order valence-electron chi connectivity index (χ4n) is 1.57. The van der Waals surface area contributed by atoms with Crippen molar-refractivity contribution in [3.8, 4) is 5.75 Å². The van der Waals surface area contributed by atoms with Gasteiger partial charge in [0.25, 0.3) is 0 Å². The summed E-state index contributed by atoms with van der Waals surface area (Å²) in [5.41, 5.74) is 1.46. The zero-order valence-electron chi connectivity index (χ0n) is 12.4. The molecule has 0 spiro atoms. The lowest BCUT2D eigenvalue weighted by Gasteiger charge is -2.20. The van der Waals surface area contributed by atoms with E-state index < -0.39 is 0 Å². The lowest BCUT2D eigenvalue weighted by atomic mass is 9.92. The normalized spacial score (nSPS) is 11.7. The minimum absolute atomic E-state index is 0.362. The summed E-state index contributed by atoms with van der Waals surface area (Å²) in [5, 5.41) is 3.47. The highest BCUT2D eigenvalue weighted by Crippen LogP contribution is 2.25. The van der Waals surface area contributed by atoms with Crippen LogP contribution in [0.2, 0.25) is 0 Å². The van der Waals surface area contributed by atoms with Crippen molar-refractivity contribution in [2.45, 2.75) is 41.0 Å². The molecule has 0 aliphatic rings. The molecule has 0 aromatic heterocycles. The van der Waals surface area contributed by atoms with Crippen LogP contribution in [0.5, 0.6) is 5.75 Å². The van der Waals surface area contributed by atoms with Gasteiger partial charge in [-0.25, -0.2) is 0 Å². The third-order valence-corrected chi connectivity index (χ3v) is 2.65. The number of para-hydroxylation sites is 2. The van der Waals surface area contributed by atoms with E-state index in [1.165, 1.54) is 0 Å². The predicted octanol–water partition coefficient (Wildman–Crippen LogP) is 4.57. The molecule has 0 fully saturated rings. The van der Waals surface area contributed by atoms with Crippen LogP contribution < -0.4 is 10.1 Å². The summed E-state index contributed by atoms with van der Waals surface area (Å²) < 4.78 is 5.82. The minimum atomic E-state index is 0.362. The maximum absolute atomic E-state index is 5.82. The standard InChI is InChI=1S/C16H27NO/c1-13(2)12-18-15-9-7-6-8-14(15)17-11-10-16(3,4)5/h6-9,13,17H,10-12H2,1-5H3. The largest absolute Gasteiger partial charge is 0.491 e. The van der Waals surface area contributed by atoms with Crippen LogP contribution in [0.15, 0.2) is 24.3 Å². The zero-order valence-corrected chi connectivity index (χ0v) is 12.4. The highest BCUT2D eigenvalue weighted by molar-refractivity contribution is 5.56. The van der Waals surface area contributed by atoms with Gasteiger partial charge in [-0.2, -0.15) is 0 Å². The van der Waals surface area contributed by atoms with Crippen LogP contribution in [-0.4, -0.2) is 13.2 Å². The molecule has 18 heavy (non-hydrogen) atoms. The van der Waals surface area contributed by atoms with Crippen LogP contribution in [0.25, 0.3) is 0 Å². The smallest absolute Gasteiger partial charge is 0.142 e. The second kappa shape index (κ2) is 6.67. The fraction of sp³-hybridized carbons (Fsp3) is 0.625. The molecule has 0 heterocycles. The molecule has 0 unspecified atom stereocenters. The van der Waals surface area contributed by atoms with E-state index in [1.54, 1.807) is 0 Å². The van der Waals surface area contributed by atoms with Crippen LogP contribution in [-0.2, 0) is 0 Å². The summed E-state index contributed by atoms with van der Waals surface area (Å²) in [7, 11) is 0. The van der Waals surface area contributed by atoms with Gasteiger partial charge in [0.05, 0.1) is 12.3 Å². The Morgan fingerprint density at radius 2 is 1.83 bits per heavy atom. The van der Waals surface area contributed by atoms with Crippen LogP contribution in [0.3, 0.4) is 0 Å². The van der Waals surface area contributed by atoms with Crippen molar-refractivity contribution in [1.82, 2.24) is 0 Å². The van der Waals surface area contributed by atoms with Crippen molar-refractivity contribution < 1.29 is 4.74 Å². The van der Waals surface area contributed by atoms with E-state index in [-0.39, 0.29) is 0 Å². The van der Waals surface area contributed by atoms with Gasteiger partial charge in [-0.3, -0.25) is 0 Å². The quantitative estimate of drug-likeness (QED) is 0.797. The number of hydrogen-bond donors (Lipinski definition) is 1. The molecule has 0 amide bonds. The molecule has 0 saturated heterocycles. The summed E-state index contributed by atoms with van der Waals surface area (Å²) in [4.78, 5) is 0. The molecule has 1 rings (SSSR count). The van der Waals surface area contributed by atoms with Crippen LogP contribution in [0, 0.1) is 11.3 Å². The van der Waals surface area contributed by atoms with Crippen molar-refractivity contribution in [2.75, 3.05) is 18.5 Å². The number of nitrogens with one attached hydrogen (secondary N) is 1. The number of rotatable bonds is 6. The van der Waals surface area contributed by atoms with Crippen LogP contribution in [0.4, 0.5) is 5.69 Å². The van der Waals surface area contributed by atoms with Crippen molar-refractivity contribution in [1.29, 1.82) is 0 Å². The molecule has 0 aliphatic carbocycles. The van der Waals surface area contributed by atoms with Crippen molar-refractivity contribution in [3.05, 3.63) is 24.3 Å². The second-order valence-electron chi connectivity index (χ2n) is 6.44. The Morgan fingerprint density at radius 3 is 2.44 bits per heavy atom. The Labute approximate surface area is 112 Å². The van der Waals surface area contributed by atoms with Gasteiger partial charge in [0.2, 0.25) is 0 Å². The molecular formula is C16H27NO. The lowest BCUT2D eigenvalue weighted by molar-refractivity contribution is 0.272. The number of hydrogen-bond acceptors (Lipinski definition) is 2. The van der Waals surface area contributed by atoms with E-state index in [9.17, 15) is 0 Å². The van der Waals surface area contributed by atoms with Gasteiger partial charge in [-0.1, -0.05) is 46.8 Å². The maximum atomic E-state index is 5.82. The molecule has 2 nitrogen and oxygen atoms in total. The monoisotopic (exact) mass is 249 g/mol. The number of anilines is 1. The molecule has 0 bridgehead atoms. The molecule has 2 heteroatoms. The summed E-state index contributed by atoms with van der Waals surface area (Å²) in [6.45, 7) is 12.8. The summed E-state index contributed by atoms with van der Waals surface area (Å²) in [5.74, 6) is 1.51. The topological polar surface area (TPSA) is 21.3 Å². The van der Waals surface area contributed by atoms with Gasteiger partial charge in [-0.15, -0.1) is 0 Å². The lowest BCUT2D eigenvalue weighted by Crippen LogP contribution is -2.13. The van der Waals surface area contributed by atoms with E-state index in [1.807, 2.05) is 18.2 Å². The summed E-state index contributed by atoms with van der Waals surface area (Å²) in [6.07, 6.45) is 1.14. The van der Waals surface area contributed by atoms with Gasteiger partial charge < -0.3 is 10.1 Å². The maximum Gasteiger partial charge on any atom is 0.142 e. The Balaban J connectivity index is 2.53. The van der Waals surface area contributed by atoms with E-state index in [4.69, 9.17) is 4.74 Å². The van der Waals surface area contributed by atoms with E-state index in [0.29, 0.717) is 11.3 Å². The second-order valence-corrected chi connectivity index (χ2v) is 6.44. The summed E-state index contributed by atoms with van der Waals surface area (Å²) in [6, 6.07) is 8.17. The molecular weight excluding hydrogens is 222 g/mol. The molecule has 102 valence electrons. The van der Waals surface area contributed by atoms with Crippen molar-refractivity contribution in [3.63, 3.8) is 0 Å². The number of benzene rings is 1. The van der Waals surface area contributed by atoms with E-state index in [2.05, 4.69) is 46.0 Å². The molecule has 1 N–H and O–H groups in total. The van der Waals surface area contributed by atoms with Gasteiger partial charge in [0.1, 0.15) is 5.75 Å². The highest BCUT2D eigenvalue weighted by Gasteiger charge is 2.10. The first-order chi connectivity index (χ1) is 8.38. The number of ether oxygens (including phenoxy) is 1. The average Bonchev–Trinajstić information content (AvgIpc) is 2.26. The fourth-order valence-corrected chi connectivity index (χ4v) is 1.57.